The third-order valence-corrected chi connectivity index (χ3v) is 3.45. The summed E-state index contributed by atoms with van der Waals surface area (Å²) in [6, 6.07) is 9.96. The van der Waals surface area contributed by atoms with Gasteiger partial charge in [-0.25, -0.2) is 0 Å². The fraction of sp³-hybridized carbons (Fsp3) is 0.533. The largest absolute Gasteiger partial charge is 0.376 e. The van der Waals surface area contributed by atoms with Crippen LogP contribution < -0.4 is 5.32 Å². The lowest BCUT2D eigenvalue weighted by molar-refractivity contribution is -0.123. The van der Waals surface area contributed by atoms with Gasteiger partial charge in [-0.1, -0.05) is 37.3 Å². The Bertz CT molecular complexity index is 371. The summed E-state index contributed by atoms with van der Waals surface area (Å²) in [6.07, 6.45) is 3.20. The van der Waals surface area contributed by atoms with Crippen molar-refractivity contribution in [3.63, 3.8) is 0 Å². The summed E-state index contributed by atoms with van der Waals surface area (Å²) in [5, 5.41) is 3.01. The van der Waals surface area contributed by atoms with E-state index in [2.05, 4.69) is 5.32 Å². The maximum Gasteiger partial charge on any atom is 0.227 e. The zero-order valence-corrected chi connectivity index (χ0v) is 10.9. The molecule has 0 radical (unpaired) electrons. The standard InChI is InChI=1S/C15H21NO2/c1-2-14(12-7-4-3-5-8-12)15(17)16-11-13-9-6-10-18-13/h3-5,7-8,13-14H,2,6,9-11H2,1H3,(H,16,17)/t13-,14-/m0/s1. The SMILES string of the molecule is CC[C@H](C(=O)NC[C@@H]1CCCO1)c1ccccc1. The highest BCUT2D eigenvalue weighted by Gasteiger charge is 2.21. The van der Waals surface area contributed by atoms with Gasteiger partial charge in [0, 0.05) is 13.2 Å². The van der Waals surface area contributed by atoms with E-state index in [1.165, 1.54) is 0 Å². The molecule has 98 valence electrons. The van der Waals surface area contributed by atoms with Crippen LogP contribution in [0.25, 0.3) is 0 Å². The van der Waals surface area contributed by atoms with Gasteiger partial charge < -0.3 is 10.1 Å². The van der Waals surface area contributed by atoms with E-state index in [4.69, 9.17) is 4.74 Å². The first-order valence-electron chi connectivity index (χ1n) is 6.75. The third-order valence-electron chi connectivity index (χ3n) is 3.45. The molecule has 1 aliphatic heterocycles. The number of hydrogen-bond donors (Lipinski definition) is 1. The van der Waals surface area contributed by atoms with Crippen LogP contribution in [0.2, 0.25) is 0 Å². The summed E-state index contributed by atoms with van der Waals surface area (Å²) in [5.74, 6) is 0.0619. The average Bonchev–Trinajstić information content (AvgIpc) is 2.92. The van der Waals surface area contributed by atoms with Crippen molar-refractivity contribution in [1.82, 2.24) is 5.32 Å². The van der Waals surface area contributed by atoms with E-state index in [1.807, 2.05) is 37.3 Å². The first-order valence-corrected chi connectivity index (χ1v) is 6.75. The molecule has 3 heteroatoms. The summed E-state index contributed by atoms with van der Waals surface area (Å²) < 4.78 is 5.51. The van der Waals surface area contributed by atoms with Crippen molar-refractivity contribution in [2.75, 3.05) is 13.2 Å². The highest BCUT2D eigenvalue weighted by molar-refractivity contribution is 5.83. The van der Waals surface area contributed by atoms with E-state index in [0.29, 0.717) is 6.54 Å². The lowest BCUT2D eigenvalue weighted by atomic mass is 9.95. The number of hydrogen-bond acceptors (Lipinski definition) is 2. The van der Waals surface area contributed by atoms with Gasteiger partial charge in [0.25, 0.3) is 0 Å². The normalized spacial score (nSPS) is 20.6. The van der Waals surface area contributed by atoms with Crippen LogP contribution in [0.3, 0.4) is 0 Å². The van der Waals surface area contributed by atoms with Crippen molar-refractivity contribution < 1.29 is 9.53 Å². The second-order valence-corrected chi connectivity index (χ2v) is 4.75. The Labute approximate surface area is 109 Å². The molecule has 1 heterocycles. The van der Waals surface area contributed by atoms with Crippen LogP contribution in [0, 0.1) is 0 Å². The molecule has 1 saturated heterocycles. The van der Waals surface area contributed by atoms with Crippen LogP contribution in [0.5, 0.6) is 0 Å². The van der Waals surface area contributed by atoms with Gasteiger partial charge >= 0.3 is 0 Å². The number of carbonyl (C=O) groups is 1. The minimum Gasteiger partial charge on any atom is -0.376 e. The summed E-state index contributed by atoms with van der Waals surface area (Å²) in [5.41, 5.74) is 1.09. The molecule has 1 aliphatic rings. The summed E-state index contributed by atoms with van der Waals surface area (Å²) in [6.45, 7) is 3.52. The van der Waals surface area contributed by atoms with E-state index in [1.54, 1.807) is 0 Å². The number of carbonyl (C=O) groups excluding carboxylic acids is 1. The fourth-order valence-electron chi connectivity index (χ4n) is 2.40. The van der Waals surface area contributed by atoms with E-state index in [-0.39, 0.29) is 17.9 Å². The van der Waals surface area contributed by atoms with Crippen molar-refractivity contribution in [1.29, 1.82) is 0 Å². The highest BCUT2D eigenvalue weighted by atomic mass is 16.5. The Balaban J connectivity index is 1.89. The molecule has 18 heavy (non-hydrogen) atoms. The molecule has 2 atom stereocenters. The molecule has 1 fully saturated rings. The van der Waals surface area contributed by atoms with Crippen molar-refractivity contribution in [3.8, 4) is 0 Å². The van der Waals surface area contributed by atoms with Crippen LogP contribution >= 0.6 is 0 Å². The molecule has 3 nitrogen and oxygen atoms in total. The van der Waals surface area contributed by atoms with Crippen LogP contribution in [0.15, 0.2) is 30.3 Å². The van der Waals surface area contributed by atoms with Crippen molar-refractivity contribution in [3.05, 3.63) is 35.9 Å². The molecule has 0 saturated carbocycles. The van der Waals surface area contributed by atoms with Gasteiger partial charge in [-0.05, 0) is 24.8 Å². The Morgan fingerprint density at radius 1 is 1.44 bits per heavy atom. The van der Waals surface area contributed by atoms with E-state index in [9.17, 15) is 4.79 Å². The molecule has 0 unspecified atom stereocenters. The van der Waals surface area contributed by atoms with E-state index in [0.717, 1.165) is 31.4 Å². The monoisotopic (exact) mass is 247 g/mol. The second kappa shape index (κ2) is 6.55. The van der Waals surface area contributed by atoms with Gasteiger partial charge in [0.1, 0.15) is 0 Å². The predicted octanol–water partition coefficient (Wildman–Crippen LogP) is 2.48. The molecular weight excluding hydrogens is 226 g/mol. The minimum absolute atomic E-state index is 0.0485. The van der Waals surface area contributed by atoms with Gasteiger partial charge in [0.2, 0.25) is 5.91 Å². The molecule has 0 bridgehead atoms. The maximum atomic E-state index is 12.2. The van der Waals surface area contributed by atoms with Gasteiger partial charge in [-0.3, -0.25) is 4.79 Å². The zero-order valence-electron chi connectivity index (χ0n) is 10.9. The van der Waals surface area contributed by atoms with Crippen molar-refractivity contribution in [2.45, 2.75) is 38.2 Å². The van der Waals surface area contributed by atoms with Gasteiger partial charge in [0.15, 0.2) is 0 Å². The second-order valence-electron chi connectivity index (χ2n) is 4.75. The van der Waals surface area contributed by atoms with Gasteiger partial charge in [-0.15, -0.1) is 0 Å². The average molecular weight is 247 g/mol. The molecule has 0 aliphatic carbocycles. The molecule has 1 aromatic rings. The number of nitrogens with one attached hydrogen (secondary N) is 1. The number of benzene rings is 1. The van der Waals surface area contributed by atoms with Crippen LogP contribution in [0.1, 0.15) is 37.7 Å². The molecule has 0 aromatic heterocycles. The smallest absolute Gasteiger partial charge is 0.227 e. The predicted molar refractivity (Wildman–Crippen MR) is 71.5 cm³/mol. The quantitative estimate of drug-likeness (QED) is 0.868. The summed E-state index contributed by atoms with van der Waals surface area (Å²) >= 11 is 0. The number of ether oxygens (including phenoxy) is 1. The number of amides is 1. The zero-order chi connectivity index (χ0) is 12.8. The van der Waals surface area contributed by atoms with Gasteiger partial charge in [0.05, 0.1) is 12.0 Å². The van der Waals surface area contributed by atoms with Crippen LogP contribution in [-0.4, -0.2) is 25.2 Å². The first kappa shape index (κ1) is 13.1. The molecule has 1 N–H and O–H groups in total. The Hall–Kier alpha value is -1.35. The van der Waals surface area contributed by atoms with Crippen molar-refractivity contribution >= 4 is 5.91 Å². The Morgan fingerprint density at radius 2 is 2.22 bits per heavy atom. The van der Waals surface area contributed by atoms with Crippen LogP contribution in [0.4, 0.5) is 0 Å². The lowest BCUT2D eigenvalue weighted by Crippen LogP contribution is -2.35. The summed E-state index contributed by atoms with van der Waals surface area (Å²) in [7, 11) is 0. The molecule has 2 rings (SSSR count). The first-order chi connectivity index (χ1) is 8.81. The van der Waals surface area contributed by atoms with E-state index >= 15 is 0 Å². The molecule has 1 aromatic carbocycles. The lowest BCUT2D eigenvalue weighted by Gasteiger charge is -2.17. The highest BCUT2D eigenvalue weighted by Crippen LogP contribution is 2.19. The van der Waals surface area contributed by atoms with Crippen molar-refractivity contribution in [2.24, 2.45) is 0 Å². The van der Waals surface area contributed by atoms with E-state index < -0.39 is 0 Å². The van der Waals surface area contributed by atoms with Crippen LogP contribution in [-0.2, 0) is 9.53 Å². The molecule has 0 spiro atoms. The maximum absolute atomic E-state index is 12.2. The number of rotatable bonds is 5. The molecular formula is C15H21NO2. The Kier molecular flexibility index (Phi) is 4.76. The topological polar surface area (TPSA) is 38.3 Å². The molecule has 1 amide bonds. The third kappa shape index (κ3) is 3.33. The Morgan fingerprint density at radius 3 is 2.83 bits per heavy atom. The minimum atomic E-state index is -0.0485. The summed E-state index contributed by atoms with van der Waals surface area (Å²) in [4.78, 5) is 12.2. The fourth-order valence-corrected chi connectivity index (χ4v) is 2.40. The van der Waals surface area contributed by atoms with Gasteiger partial charge in [-0.2, -0.15) is 0 Å².